The molecule has 1 fully saturated rings. The first-order chi connectivity index (χ1) is 13.5. The number of carbonyl (C=O) groups excluding carboxylic acids is 3. The molecular weight excluding hydrogens is 404 g/mol. The first-order valence-electron chi connectivity index (χ1n) is 9.36. The van der Waals surface area contributed by atoms with Crippen molar-refractivity contribution in [2.75, 3.05) is 18.6 Å². The summed E-state index contributed by atoms with van der Waals surface area (Å²) in [6.45, 7) is 0.708. The molecule has 5 unspecified atom stereocenters. The topological polar surface area (TPSA) is 188 Å². The Labute approximate surface area is 169 Å². The summed E-state index contributed by atoms with van der Waals surface area (Å²) in [6.07, 6.45) is 0.841. The summed E-state index contributed by atoms with van der Waals surface area (Å²) in [5.41, 5.74) is 5.29. The van der Waals surface area contributed by atoms with Crippen molar-refractivity contribution >= 4 is 27.6 Å². The Hall–Kier alpha value is -2.02. The van der Waals surface area contributed by atoms with Gasteiger partial charge < -0.3 is 31.9 Å². The summed E-state index contributed by atoms with van der Waals surface area (Å²) in [6, 6.07) is -2.60. The van der Waals surface area contributed by atoms with Crippen molar-refractivity contribution in [3.8, 4) is 0 Å². The van der Waals surface area contributed by atoms with Gasteiger partial charge in [-0.15, -0.1) is 0 Å². The predicted molar refractivity (Wildman–Crippen MR) is 103 cm³/mol. The van der Waals surface area contributed by atoms with Crippen LogP contribution < -0.4 is 21.7 Å². The average Bonchev–Trinajstić information content (AvgIpc) is 3.15. The van der Waals surface area contributed by atoms with Gasteiger partial charge >= 0.3 is 0 Å². The van der Waals surface area contributed by atoms with Gasteiger partial charge in [-0.25, -0.2) is 8.42 Å². The van der Waals surface area contributed by atoms with Gasteiger partial charge in [0.2, 0.25) is 17.7 Å². The van der Waals surface area contributed by atoms with E-state index in [9.17, 15) is 33.0 Å². The van der Waals surface area contributed by atoms with Gasteiger partial charge in [0.1, 0.15) is 22.0 Å². The van der Waals surface area contributed by atoms with Crippen LogP contribution in [0.2, 0.25) is 0 Å². The third-order valence-corrected chi connectivity index (χ3v) is 5.95. The van der Waals surface area contributed by atoms with Crippen molar-refractivity contribution in [2.24, 2.45) is 5.73 Å². The van der Waals surface area contributed by atoms with Crippen LogP contribution in [0.25, 0.3) is 0 Å². The number of amides is 3. The zero-order valence-electron chi connectivity index (χ0n) is 16.1. The second-order valence-corrected chi connectivity index (χ2v) is 9.74. The van der Waals surface area contributed by atoms with Crippen molar-refractivity contribution in [2.45, 2.75) is 56.0 Å². The summed E-state index contributed by atoms with van der Waals surface area (Å²) in [7, 11) is -3.36. The minimum atomic E-state index is -3.36. The zero-order chi connectivity index (χ0) is 21.8. The largest absolute Gasteiger partial charge is 0.390 e. The minimum Gasteiger partial charge on any atom is -0.390 e. The molecule has 12 heteroatoms. The Morgan fingerprint density at radius 1 is 1.34 bits per heavy atom. The van der Waals surface area contributed by atoms with Crippen molar-refractivity contribution in [3.05, 3.63) is 11.6 Å². The monoisotopic (exact) mass is 432 g/mol. The van der Waals surface area contributed by atoms with E-state index in [1.54, 1.807) is 0 Å². The standard InChI is InChI=1S/C17H28N4O7S/c1-29(27,28)6-4-10(15(18)24)20-16(25)9-7-12(14(23)13(22)8-9)21-17(26)11-3-2-5-19-11/h7,10-14,19,22-23H,2-6,8H2,1H3,(H2,18,24)(H,20,25)(H,21,26). The molecule has 2 aliphatic rings. The number of aliphatic hydroxyl groups is 2. The van der Waals surface area contributed by atoms with Crippen LogP contribution in [0.5, 0.6) is 0 Å². The van der Waals surface area contributed by atoms with E-state index >= 15 is 0 Å². The molecule has 1 heterocycles. The van der Waals surface area contributed by atoms with Gasteiger partial charge in [0.05, 0.1) is 23.9 Å². The molecule has 29 heavy (non-hydrogen) atoms. The molecule has 0 aromatic carbocycles. The van der Waals surface area contributed by atoms with Crippen molar-refractivity contribution in [1.82, 2.24) is 16.0 Å². The van der Waals surface area contributed by atoms with Crippen LogP contribution in [0.3, 0.4) is 0 Å². The lowest BCUT2D eigenvalue weighted by Crippen LogP contribution is -2.54. The molecule has 2 rings (SSSR count). The molecular formula is C17H28N4O7S. The van der Waals surface area contributed by atoms with E-state index in [0.717, 1.165) is 12.7 Å². The quantitative estimate of drug-likeness (QED) is 0.230. The van der Waals surface area contributed by atoms with Crippen LogP contribution in [-0.2, 0) is 24.2 Å². The molecule has 5 atom stereocenters. The lowest BCUT2D eigenvalue weighted by atomic mass is 9.89. The highest BCUT2D eigenvalue weighted by molar-refractivity contribution is 7.90. The number of aliphatic hydroxyl groups excluding tert-OH is 2. The number of nitrogens with one attached hydrogen (secondary N) is 3. The van der Waals surface area contributed by atoms with Gasteiger partial charge in [0.25, 0.3) is 0 Å². The predicted octanol–water partition coefficient (Wildman–Crippen LogP) is -3.32. The normalized spacial score (nSPS) is 28.3. The van der Waals surface area contributed by atoms with E-state index in [2.05, 4.69) is 16.0 Å². The molecule has 3 amide bonds. The number of primary amides is 1. The van der Waals surface area contributed by atoms with E-state index < -0.39 is 52.0 Å². The van der Waals surface area contributed by atoms with Gasteiger partial charge in [-0.2, -0.15) is 0 Å². The maximum atomic E-state index is 12.5. The van der Waals surface area contributed by atoms with Gasteiger partial charge in [-0.05, 0) is 25.8 Å². The molecule has 1 aliphatic heterocycles. The Morgan fingerprint density at radius 2 is 2.03 bits per heavy atom. The Balaban J connectivity index is 2.07. The highest BCUT2D eigenvalue weighted by atomic mass is 32.2. The number of sulfone groups is 1. The van der Waals surface area contributed by atoms with Crippen molar-refractivity contribution < 1.29 is 33.0 Å². The summed E-state index contributed by atoms with van der Waals surface area (Å²) >= 11 is 0. The lowest BCUT2D eigenvalue weighted by molar-refractivity contribution is -0.126. The summed E-state index contributed by atoms with van der Waals surface area (Å²) in [5, 5.41) is 28.2. The third kappa shape index (κ3) is 6.77. The average molecular weight is 432 g/mol. The third-order valence-electron chi connectivity index (χ3n) is 4.98. The van der Waals surface area contributed by atoms with Crippen LogP contribution in [0.15, 0.2) is 11.6 Å². The Morgan fingerprint density at radius 3 is 2.59 bits per heavy atom. The molecule has 1 aliphatic carbocycles. The molecule has 0 radical (unpaired) electrons. The molecule has 0 spiro atoms. The first kappa shape index (κ1) is 23.3. The van der Waals surface area contributed by atoms with E-state index in [-0.39, 0.29) is 30.1 Å². The van der Waals surface area contributed by atoms with Crippen LogP contribution >= 0.6 is 0 Å². The van der Waals surface area contributed by atoms with Crippen LogP contribution in [0, 0.1) is 0 Å². The molecule has 0 aromatic heterocycles. The van der Waals surface area contributed by atoms with Gasteiger partial charge in [0.15, 0.2) is 0 Å². The van der Waals surface area contributed by atoms with Gasteiger partial charge in [-0.3, -0.25) is 14.4 Å². The van der Waals surface area contributed by atoms with Gasteiger partial charge in [-0.1, -0.05) is 6.08 Å². The van der Waals surface area contributed by atoms with Crippen molar-refractivity contribution in [3.63, 3.8) is 0 Å². The number of hydrogen-bond acceptors (Lipinski definition) is 8. The Kier molecular flexibility index (Phi) is 7.74. The second kappa shape index (κ2) is 9.65. The number of carbonyl (C=O) groups is 3. The number of nitrogens with two attached hydrogens (primary N) is 1. The summed E-state index contributed by atoms with van der Waals surface area (Å²) in [4.78, 5) is 36.3. The fraction of sp³-hybridized carbons (Fsp3) is 0.706. The molecule has 11 nitrogen and oxygen atoms in total. The molecule has 164 valence electrons. The maximum Gasteiger partial charge on any atom is 0.247 e. The van der Waals surface area contributed by atoms with E-state index in [0.29, 0.717) is 13.0 Å². The maximum absolute atomic E-state index is 12.5. The highest BCUT2D eigenvalue weighted by Crippen LogP contribution is 2.20. The molecule has 7 N–H and O–H groups in total. The van der Waals surface area contributed by atoms with Crippen LogP contribution in [0.4, 0.5) is 0 Å². The number of hydrogen-bond donors (Lipinski definition) is 6. The first-order valence-corrected chi connectivity index (χ1v) is 11.4. The minimum absolute atomic E-state index is 0.0538. The van der Waals surface area contributed by atoms with Crippen LogP contribution in [-0.4, -0.2) is 85.2 Å². The smallest absolute Gasteiger partial charge is 0.247 e. The SMILES string of the molecule is CS(=O)(=O)CCC(NC(=O)C1=CC(NC(=O)C2CCCN2)C(O)C(O)C1)C(N)=O. The highest BCUT2D eigenvalue weighted by Gasteiger charge is 2.35. The fourth-order valence-electron chi connectivity index (χ4n) is 3.31. The molecule has 0 bridgehead atoms. The van der Waals surface area contributed by atoms with E-state index in [1.807, 2.05) is 0 Å². The van der Waals surface area contributed by atoms with Gasteiger partial charge in [0, 0.05) is 18.2 Å². The zero-order valence-corrected chi connectivity index (χ0v) is 16.9. The van der Waals surface area contributed by atoms with Crippen LogP contribution in [0.1, 0.15) is 25.7 Å². The van der Waals surface area contributed by atoms with E-state index in [4.69, 9.17) is 5.73 Å². The second-order valence-electron chi connectivity index (χ2n) is 7.48. The summed E-state index contributed by atoms with van der Waals surface area (Å²) < 4.78 is 22.6. The molecule has 0 saturated carbocycles. The number of rotatable bonds is 8. The summed E-state index contributed by atoms with van der Waals surface area (Å²) in [5.74, 6) is -2.31. The van der Waals surface area contributed by atoms with Crippen molar-refractivity contribution in [1.29, 1.82) is 0 Å². The lowest BCUT2D eigenvalue weighted by Gasteiger charge is -2.32. The molecule has 1 saturated heterocycles. The fourth-order valence-corrected chi connectivity index (χ4v) is 3.97. The Bertz CT molecular complexity index is 777. The molecule has 0 aromatic rings. The van der Waals surface area contributed by atoms with E-state index in [1.165, 1.54) is 6.08 Å².